The number of anilines is 2. The number of fused-ring (bicyclic) bond motifs is 1. The summed E-state index contributed by atoms with van der Waals surface area (Å²) in [5, 5.41) is 10.3. The third-order valence-electron chi connectivity index (χ3n) is 4.62. The first-order valence-electron chi connectivity index (χ1n) is 7.88. The minimum absolute atomic E-state index is 0.0338. The smallest absolute Gasteiger partial charge is 0.244 e. The van der Waals surface area contributed by atoms with Crippen molar-refractivity contribution >= 4 is 23.2 Å². The molecular weight excluding hydrogens is 308 g/mol. The maximum absolute atomic E-state index is 13.2. The van der Waals surface area contributed by atoms with E-state index < -0.39 is 0 Å². The van der Waals surface area contributed by atoms with Crippen LogP contribution in [0.4, 0.5) is 11.4 Å². The number of aryl methyl sites for hydroxylation is 1. The standard InChI is InChI=1S/C16H18N6O2/c1-21-8-10(4-19-21)11-5-18-6-12(11)16(24)22-9-15(23)20-13-7-17-3-2-14(13)22/h2-4,7-8,11-12,18H,5-6,9H2,1H3,(H,20,23)/t11-,12+/m1/s1. The Hall–Kier alpha value is -2.74. The quantitative estimate of drug-likeness (QED) is 0.817. The van der Waals surface area contributed by atoms with Crippen LogP contribution >= 0.6 is 0 Å². The molecule has 24 heavy (non-hydrogen) atoms. The van der Waals surface area contributed by atoms with Crippen LogP contribution in [-0.2, 0) is 16.6 Å². The number of rotatable bonds is 2. The lowest BCUT2D eigenvalue weighted by Crippen LogP contribution is -2.46. The number of aromatic nitrogens is 3. The maximum Gasteiger partial charge on any atom is 0.244 e. The van der Waals surface area contributed by atoms with Crippen molar-refractivity contribution in [2.45, 2.75) is 5.92 Å². The minimum Gasteiger partial charge on any atom is -0.321 e. The fourth-order valence-corrected chi connectivity index (χ4v) is 3.45. The van der Waals surface area contributed by atoms with Gasteiger partial charge in [-0.05, 0) is 11.6 Å². The summed E-state index contributed by atoms with van der Waals surface area (Å²) in [4.78, 5) is 30.7. The van der Waals surface area contributed by atoms with Crippen molar-refractivity contribution in [2.75, 3.05) is 29.9 Å². The Morgan fingerprint density at radius 1 is 1.33 bits per heavy atom. The third kappa shape index (κ3) is 2.44. The Bertz CT molecular complexity index is 801. The molecule has 2 aliphatic heterocycles. The van der Waals surface area contributed by atoms with Gasteiger partial charge in [-0.15, -0.1) is 0 Å². The van der Waals surface area contributed by atoms with Crippen molar-refractivity contribution < 1.29 is 9.59 Å². The van der Waals surface area contributed by atoms with E-state index in [1.807, 2.05) is 13.2 Å². The van der Waals surface area contributed by atoms with Crippen LogP contribution in [0.5, 0.6) is 0 Å². The molecule has 124 valence electrons. The number of hydrogen-bond acceptors (Lipinski definition) is 5. The van der Waals surface area contributed by atoms with Gasteiger partial charge in [-0.3, -0.25) is 19.3 Å². The number of nitrogens with one attached hydrogen (secondary N) is 2. The Kier molecular flexibility index (Phi) is 3.53. The Balaban J connectivity index is 1.64. The third-order valence-corrected chi connectivity index (χ3v) is 4.62. The number of carbonyl (C=O) groups is 2. The molecule has 0 aliphatic carbocycles. The summed E-state index contributed by atoms with van der Waals surface area (Å²) in [7, 11) is 1.86. The van der Waals surface area contributed by atoms with E-state index in [-0.39, 0.29) is 30.2 Å². The highest BCUT2D eigenvalue weighted by Gasteiger charge is 2.39. The molecule has 4 rings (SSSR count). The van der Waals surface area contributed by atoms with Crippen LogP contribution in [-0.4, -0.2) is 46.2 Å². The first-order chi connectivity index (χ1) is 11.6. The molecule has 0 saturated carbocycles. The van der Waals surface area contributed by atoms with E-state index in [2.05, 4.69) is 20.7 Å². The topological polar surface area (TPSA) is 92.2 Å². The second-order valence-corrected chi connectivity index (χ2v) is 6.18. The van der Waals surface area contributed by atoms with Gasteiger partial charge in [0.1, 0.15) is 6.54 Å². The molecule has 2 aromatic rings. The van der Waals surface area contributed by atoms with E-state index in [1.54, 1.807) is 34.2 Å². The molecule has 8 nitrogen and oxygen atoms in total. The normalized spacial score (nSPS) is 23.0. The molecule has 2 aliphatic rings. The lowest BCUT2D eigenvalue weighted by molar-refractivity contribution is -0.124. The molecule has 8 heteroatoms. The van der Waals surface area contributed by atoms with Crippen molar-refractivity contribution in [3.8, 4) is 0 Å². The summed E-state index contributed by atoms with van der Waals surface area (Å²) in [6, 6.07) is 1.76. The SMILES string of the molecule is Cn1cc([C@H]2CNC[C@@H]2C(=O)N2CC(=O)Nc3cnccc32)cn1. The summed E-state index contributed by atoms with van der Waals surface area (Å²) < 4.78 is 1.74. The monoisotopic (exact) mass is 326 g/mol. The Labute approximate surface area is 138 Å². The first-order valence-corrected chi connectivity index (χ1v) is 7.88. The maximum atomic E-state index is 13.2. The van der Waals surface area contributed by atoms with E-state index >= 15 is 0 Å². The van der Waals surface area contributed by atoms with Crippen molar-refractivity contribution in [3.05, 3.63) is 36.4 Å². The van der Waals surface area contributed by atoms with Gasteiger partial charge in [-0.1, -0.05) is 0 Å². The number of pyridine rings is 1. The first kappa shape index (κ1) is 14.8. The molecule has 4 heterocycles. The molecule has 2 amide bonds. The average molecular weight is 326 g/mol. The zero-order valence-corrected chi connectivity index (χ0v) is 13.3. The van der Waals surface area contributed by atoms with E-state index in [0.29, 0.717) is 17.9 Å². The van der Waals surface area contributed by atoms with Crippen LogP contribution in [0, 0.1) is 5.92 Å². The molecule has 0 unspecified atom stereocenters. The molecule has 2 aromatic heterocycles. The summed E-state index contributed by atoms with van der Waals surface area (Å²) in [5.41, 5.74) is 2.31. The zero-order valence-electron chi connectivity index (χ0n) is 13.3. The highest BCUT2D eigenvalue weighted by molar-refractivity contribution is 6.10. The van der Waals surface area contributed by atoms with E-state index in [4.69, 9.17) is 0 Å². The van der Waals surface area contributed by atoms with Crippen LogP contribution < -0.4 is 15.5 Å². The molecule has 1 fully saturated rings. The number of carbonyl (C=O) groups excluding carboxylic acids is 2. The van der Waals surface area contributed by atoms with Gasteiger partial charge in [0.2, 0.25) is 11.8 Å². The Morgan fingerprint density at radius 3 is 3.00 bits per heavy atom. The van der Waals surface area contributed by atoms with Gasteiger partial charge in [0.05, 0.1) is 29.7 Å². The molecule has 1 saturated heterocycles. The second-order valence-electron chi connectivity index (χ2n) is 6.18. The minimum atomic E-state index is -0.221. The Morgan fingerprint density at radius 2 is 2.21 bits per heavy atom. The van der Waals surface area contributed by atoms with Crippen molar-refractivity contribution in [3.63, 3.8) is 0 Å². The van der Waals surface area contributed by atoms with Crippen molar-refractivity contribution in [1.29, 1.82) is 0 Å². The summed E-state index contributed by atoms with van der Waals surface area (Å²) in [5.74, 6) is -0.411. The second kappa shape index (κ2) is 5.72. The fourth-order valence-electron chi connectivity index (χ4n) is 3.45. The van der Waals surface area contributed by atoms with E-state index in [9.17, 15) is 9.59 Å². The largest absolute Gasteiger partial charge is 0.321 e. The molecule has 0 bridgehead atoms. The molecular formula is C16H18N6O2. The predicted octanol–water partition coefficient (Wildman–Crippen LogP) is 0.103. The van der Waals surface area contributed by atoms with Gasteiger partial charge in [-0.2, -0.15) is 5.10 Å². The lowest BCUT2D eigenvalue weighted by Gasteiger charge is -2.31. The number of nitrogens with zero attached hydrogens (tertiary/aromatic N) is 4. The van der Waals surface area contributed by atoms with Gasteiger partial charge in [0.25, 0.3) is 0 Å². The fraction of sp³-hybridized carbons (Fsp3) is 0.375. The van der Waals surface area contributed by atoms with Gasteiger partial charge < -0.3 is 15.5 Å². The number of amides is 2. The van der Waals surface area contributed by atoms with Crippen LogP contribution in [0.15, 0.2) is 30.9 Å². The van der Waals surface area contributed by atoms with Gasteiger partial charge >= 0.3 is 0 Å². The van der Waals surface area contributed by atoms with Crippen LogP contribution in [0.1, 0.15) is 11.5 Å². The van der Waals surface area contributed by atoms with Crippen LogP contribution in [0.3, 0.4) is 0 Å². The van der Waals surface area contributed by atoms with Gasteiger partial charge in [0, 0.05) is 38.4 Å². The van der Waals surface area contributed by atoms with Crippen LogP contribution in [0.25, 0.3) is 0 Å². The molecule has 0 radical (unpaired) electrons. The number of hydrogen-bond donors (Lipinski definition) is 2. The molecule has 2 N–H and O–H groups in total. The van der Waals surface area contributed by atoms with E-state index in [0.717, 1.165) is 12.1 Å². The van der Waals surface area contributed by atoms with Gasteiger partial charge in [0.15, 0.2) is 0 Å². The summed E-state index contributed by atoms with van der Waals surface area (Å²) >= 11 is 0. The molecule has 0 aromatic carbocycles. The highest BCUT2D eigenvalue weighted by atomic mass is 16.2. The lowest BCUT2D eigenvalue weighted by atomic mass is 9.89. The summed E-state index contributed by atoms with van der Waals surface area (Å²) in [6.45, 7) is 1.36. The van der Waals surface area contributed by atoms with Crippen molar-refractivity contribution in [1.82, 2.24) is 20.1 Å². The average Bonchev–Trinajstić information content (AvgIpc) is 3.21. The highest BCUT2D eigenvalue weighted by Crippen LogP contribution is 2.34. The van der Waals surface area contributed by atoms with E-state index in [1.165, 1.54) is 0 Å². The van der Waals surface area contributed by atoms with Crippen molar-refractivity contribution in [2.24, 2.45) is 13.0 Å². The predicted molar refractivity (Wildman–Crippen MR) is 87.5 cm³/mol. The summed E-state index contributed by atoms with van der Waals surface area (Å²) in [6.07, 6.45) is 6.94. The molecule has 0 spiro atoms. The van der Waals surface area contributed by atoms with Gasteiger partial charge in [-0.25, -0.2) is 0 Å². The van der Waals surface area contributed by atoms with Crippen LogP contribution in [0.2, 0.25) is 0 Å². The zero-order chi connectivity index (χ0) is 16.7. The molecule has 2 atom stereocenters.